The van der Waals surface area contributed by atoms with Crippen LogP contribution in [0.1, 0.15) is 29.3 Å². The van der Waals surface area contributed by atoms with Crippen molar-refractivity contribution in [2.75, 3.05) is 12.0 Å². The number of halogens is 1. The molecule has 1 rings (SSSR count). The van der Waals surface area contributed by atoms with E-state index in [0.29, 0.717) is 12.0 Å². The zero-order chi connectivity index (χ0) is 14.6. The van der Waals surface area contributed by atoms with Crippen LogP contribution in [0.2, 0.25) is 0 Å². The Kier molecular flexibility index (Phi) is 5.55. The van der Waals surface area contributed by atoms with Crippen LogP contribution in [0, 0.1) is 6.92 Å². The van der Waals surface area contributed by atoms with Gasteiger partial charge in [-0.1, -0.05) is 15.9 Å². The fraction of sp³-hybridized carbons (Fsp3) is 0.462. The summed E-state index contributed by atoms with van der Waals surface area (Å²) in [6, 6.07) is 5.28. The van der Waals surface area contributed by atoms with Gasteiger partial charge in [-0.05, 0) is 44.0 Å². The molecule has 0 fully saturated rings. The normalized spacial score (nSPS) is 13.1. The van der Waals surface area contributed by atoms with Gasteiger partial charge in [0.25, 0.3) is 5.91 Å². The van der Waals surface area contributed by atoms with Crippen LogP contribution in [-0.2, 0) is 9.84 Å². The molecule has 1 amide bonds. The van der Waals surface area contributed by atoms with E-state index in [-0.39, 0.29) is 17.7 Å². The average molecular weight is 348 g/mol. The quantitative estimate of drug-likeness (QED) is 0.888. The number of rotatable bonds is 5. The Morgan fingerprint density at radius 2 is 2.00 bits per heavy atom. The Hall–Kier alpha value is -0.880. The van der Waals surface area contributed by atoms with E-state index in [9.17, 15) is 13.2 Å². The molecule has 0 bridgehead atoms. The highest BCUT2D eigenvalue weighted by Gasteiger charge is 2.12. The molecule has 0 aliphatic carbocycles. The molecule has 1 atom stereocenters. The predicted octanol–water partition coefficient (Wildman–Crippen LogP) is 2.31. The summed E-state index contributed by atoms with van der Waals surface area (Å²) in [7, 11) is -2.99. The van der Waals surface area contributed by atoms with Gasteiger partial charge in [0, 0.05) is 22.3 Å². The lowest BCUT2D eigenvalue weighted by Gasteiger charge is -2.13. The zero-order valence-corrected chi connectivity index (χ0v) is 13.6. The largest absolute Gasteiger partial charge is 0.350 e. The first-order valence-electron chi connectivity index (χ1n) is 5.93. The van der Waals surface area contributed by atoms with Crippen LogP contribution in [-0.4, -0.2) is 32.4 Å². The Labute approximate surface area is 122 Å². The molecule has 0 aliphatic heterocycles. The maximum absolute atomic E-state index is 12.0. The molecular formula is C13H18BrNO3S. The third-order valence-electron chi connectivity index (χ3n) is 2.60. The molecule has 19 heavy (non-hydrogen) atoms. The number of nitrogens with one attached hydrogen (secondary N) is 1. The third kappa shape index (κ3) is 6.20. The lowest BCUT2D eigenvalue weighted by molar-refractivity contribution is 0.0939. The molecular weight excluding hydrogens is 330 g/mol. The fourth-order valence-corrected chi connectivity index (χ4v) is 3.03. The predicted molar refractivity (Wildman–Crippen MR) is 80.1 cm³/mol. The molecule has 0 aliphatic rings. The highest BCUT2D eigenvalue weighted by atomic mass is 79.9. The van der Waals surface area contributed by atoms with Gasteiger partial charge in [-0.15, -0.1) is 0 Å². The second-order valence-corrected chi connectivity index (χ2v) is 7.99. The van der Waals surface area contributed by atoms with Crippen molar-refractivity contribution < 1.29 is 13.2 Å². The minimum atomic E-state index is -2.99. The average Bonchev–Trinajstić information content (AvgIpc) is 2.24. The molecule has 0 radical (unpaired) electrons. The summed E-state index contributed by atoms with van der Waals surface area (Å²) in [5, 5.41) is 2.80. The molecule has 0 unspecified atom stereocenters. The van der Waals surface area contributed by atoms with Crippen LogP contribution < -0.4 is 5.32 Å². The van der Waals surface area contributed by atoms with E-state index < -0.39 is 9.84 Å². The summed E-state index contributed by atoms with van der Waals surface area (Å²) in [4.78, 5) is 12.0. The van der Waals surface area contributed by atoms with Gasteiger partial charge in [0.05, 0.1) is 5.75 Å². The number of sulfone groups is 1. The van der Waals surface area contributed by atoms with Crippen LogP contribution in [0.25, 0.3) is 0 Å². The lowest BCUT2D eigenvalue weighted by Crippen LogP contribution is -2.33. The van der Waals surface area contributed by atoms with Crippen molar-refractivity contribution in [3.63, 3.8) is 0 Å². The summed E-state index contributed by atoms with van der Waals surface area (Å²) in [6.07, 6.45) is 1.61. The van der Waals surface area contributed by atoms with Crippen LogP contribution >= 0.6 is 15.9 Å². The first-order valence-corrected chi connectivity index (χ1v) is 8.78. The number of amides is 1. The number of hydrogen-bond donors (Lipinski definition) is 1. The Morgan fingerprint density at radius 3 is 2.53 bits per heavy atom. The van der Waals surface area contributed by atoms with Crippen molar-refractivity contribution in [1.82, 2.24) is 5.32 Å². The number of carbonyl (C=O) groups excluding carboxylic acids is 1. The van der Waals surface area contributed by atoms with E-state index in [1.54, 1.807) is 19.1 Å². The van der Waals surface area contributed by atoms with E-state index in [2.05, 4.69) is 21.2 Å². The van der Waals surface area contributed by atoms with Crippen molar-refractivity contribution >= 4 is 31.7 Å². The minimum absolute atomic E-state index is 0.0754. The van der Waals surface area contributed by atoms with Crippen molar-refractivity contribution in [2.45, 2.75) is 26.3 Å². The van der Waals surface area contributed by atoms with E-state index in [1.165, 1.54) is 6.26 Å². The van der Waals surface area contributed by atoms with Crippen molar-refractivity contribution in [1.29, 1.82) is 0 Å². The molecule has 0 heterocycles. The Morgan fingerprint density at radius 1 is 1.37 bits per heavy atom. The van der Waals surface area contributed by atoms with E-state index >= 15 is 0 Å². The highest BCUT2D eigenvalue weighted by Crippen LogP contribution is 2.15. The summed E-state index contributed by atoms with van der Waals surface area (Å²) < 4.78 is 23.0. The number of benzene rings is 1. The van der Waals surface area contributed by atoms with Gasteiger partial charge in [0.2, 0.25) is 0 Å². The van der Waals surface area contributed by atoms with Gasteiger partial charge in [0.15, 0.2) is 0 Å². The number of aryl methyl sites for hydroxylation is 1. The Bertz CT molecular complexity index is 549. The fourth-order valence-electron chi connectivity index (χ4n) is 1.64. The molecule has 6 heteroatoms. The number of carbonyl (C=O) groups is 1. The molecule has 0 saturated heterocycles. The molecule has 1 aromatic rings. The monoisotopic (exact) mass is 347 g/mol. The summed E-state index contributed by atoms with van der Waals surface area (Å²) in [5.41, 5.74) is 1.56. The van der Waals surface area contributed by atoms with Gasteiger partial charge in [-0.2, -0.15) is 0 Å². The third-order valence-corrected chi connectivity index (χ3v) is 4.04. The van der Waals surface area contributed by atoms with Crippen molar-refractivity contribution in [3.05, 3.63) is 33.8 Å². The summed E-state index contributed by atoms with van der Waals surface area (Å²) in [5.74, 6) is -0.114. The van der Waals surface area contributed by atoms with Crippen molar-refractivity contribution in [2.24, 2.45) is 0 Å². The molecule has 1 aromatic carbocycles. The minimum Gasteiger partial charge on any atom is -0.350 e. The topological polar surface area (TPSA) is 63.2 Å². The molecule has 0 spiro atoms. The second-order valence-electron chi connectivity index (χ2n) is 4.81. The van der Waals surface area contributed by atoms with E-state index in [4.69, 9.17) is 0 Å². The van der Waals surface area contributed by atoms with Crippen LogP contribution in [0.15, 0.2) is 22.7 Å². The lowest BCUT2D eigenvalue weighted by atomic mass is 10.1. The summed E-state index contributed by atoms with van der Waals surface area (Å²) >= 11 is 3.35. The molecule has 106 valence electrons. The van der Waals surface area contributed by atoms with Gasteiger partial charge >= 0.3 is 0 Å². The van der Waals surface area contributed by atoms with Crippen LogP contribution in [0.3, 0.4) is 0 Å². The first-order chi connectivity index (χ1) is 8.67. The van der Waals surface area contributed by atoms with Gasteiger partial charge < -0.3 is 5.32 Å². The highest BCUT2D eigenvalue weighted by molar-refractivity contribution is 9.10. The van der Waals surface area contributed by atoms with Crippen LogP contribution in [0.5, 0.6) is 0 Å². The molecule has 0 aromatic heterocycles. The van der Waals surface area contributed by atoms with E-state index in [1.807, 2.05) is 13.0 Å². The van der Waals surface area contributed by atoms with Crippen molar-refractivity contribution in [3.8, 4) is 0 Å². The van der Waals surface area contributed by atoms with E-state index in [0.717, 1.165) is 10.0 Å². The standard InChI is InChI=1S/C13H18BrNO3S/c1-9-6-11(8-12(14)7-9)13(16)15-10(2)4-5-19(3,17)18/h6-8,10H,4-5H2,1-3H3,(H,15,16)/t10-/m1/s1. The summed E-state index contributed by atoms with van der Waals surface area (Å²) in [6.45, 7) is 3.71. The smallest absolute Gasteiger partial charge is 0.251 e. The SMILES string of the molecule is Cc1cc(Br)cc(C(=O)N[C@H](C)CCS(C)(=O)=O)c1. The second kappa shape index (κ2) is 6.52. The molecule has 0 saturated carbocycles. The van der Waals surface area contributed by atoms with Gasteiger partial charge in [-0.25, -0.2) is 8.42 Å². The van der Waals surface area contributed by atoms with Gasteiger partial charge in [-0.3, -0.25) is 4.79 Å². The molecule has 1 N–H and O–H groups in total. The first kappa shape index (κ1) is 16.2. The van der Waals surface area contributed by atoms with Gasteiger partial charge in [0.1, 0.15) is 9.84 Å². The maximum atomic E-state index is 12.0. The number of hydrogen-bond acceptors (Lipinski definition) is 3. The Balaban J connectivity index is 2.64. The zero-order valence-electron chi connectivity index (χ0n) is 11.2. The molecule has 4 nitrogen and oxygen atoms in total. The van der Waals surface area contributed by atoms with Crippen LogP contribution in [0.4, 0.5) is 0 Å². The maximum Gasteiger partial charge on any atom is 0.251 e.